The summed E-state index contributed by atoms with van der Waals surface area (Å²) in [5, 5.41) is 6.63. The van der Waals surface area contributed by atoms with Crippen molar-refractivity contribution in [3.63, 3.8) is 0 Å². The fourth-order valence-corrected chi connectivity index (χ4v) is 16.8. The van der Waals surface area contributed by atoms with E-state index in [0.717, 1.165) is 89.4 Å². The highest BCUT2D eigenvalue weighted by Crippen LogP contribution is 2.36. The molecule has 6 aliphatic heterocycles. The molecule has 0 bridgehead atoms. The number of hydrogen-bond donors (Lipinski definition) is 2. The Kier molecular flexibility index (Phi) is 42.5. The lowest BCUT2D eigenvalue weighted by atomic mass is 9.81. The predicted octanol–water partition coefficient (Wildman–Crippen LogP) is 19.9. The second-order valence-electron chi connectivity index (χ2n) is 37.7. The van der Waals surface area contributed by atoms with Gasteiger partial charge < -0.3 is 44.3 Å². The molecule has 7 aromatic carbocycles. The number of ether oxygens (including phenoxy) is 4. The van der Waals surface area contributed by atoms with Gasteiger partial charge in [0.1, 0.15) is 64.2 Å². The Balaban J connectivity index is 0.000000213. The number of nitrogens with zero attached hydrogens (tertiary/aromatic N) is 4. The summed E-state index contributed by atoms with van der Waals surface area (Å²) in [6.07, 6.45) is 10.2. The maximum absolute atomic E-state index is 13.8. The van der Waals surface area contributed by atoms with E-state index in [0.29, 0.717) is 105 Å². The summed E-state index contributed by atoms with van der Waals surface area (Å²) < 4.78 is 117. The molecule has 27 heteroatoms. The number of para-hydroxylation sites is 1. The van der Waals surface area contributed by atoms with Gasteiger partial charge in [0.15, 0.2) is 11.6 Å². The van der Waals surface area contributed by atoms with Gasteiger partial charge in [0.2, 0.25) is 0 Å². The predicted molar refractivity (Wildman–Crippen MR) is 496 cm³/mol. The molecule has 7 aromatic rings. The van der Waals surface area contributed by atoms with E-state index in [1.54, 1.807) is 106 Å². The van der Waals surface area contributed by atoms with Gasteiger partial charge in [-0.15, -0.1) is 12.4 Å². The van der Waals surface area contributed by atoms with E-state index < -0.39 is 21.3 Å². The number of hydrogen-bond acceptors (Lipinski definition) is 17. The van der Waals surface area contributed by atoms with Crippen LogP contribution >= 0.6 is 12.4 Å². The van der Waals surface area contributed by atoms with Crippen LogP contribution < -0.4 is 15.4 Å². The number of nitrogens with one attached hydrogen (secondary N) is 2. The Hall–Kier alpha value is -9.44. The monoisotopic (exact) mass is 1830 g/mol. The zero-order valence-corrected chi connectivity index (χ0v) is 79.1. The molecule has 6 aliphatic rings. The van der Waals surface area contributed by atoms with Crippen LogP contribution in [-0.2, 0) is 86.5 Å². The summed E-state index contributed by atoms with van der Waals surface area (Å²) in [6, 6.07) is 53.4. The zero-order chi connectivity index (χ0) is 93.4. The minimum atomic E-state index is -3.42. The number of ketones is 4. The second kappa shape index (κ2) is 51.4. The number of halogens is 6. The van der Waals surface area contributed by atoms with E-state index in [9.17, 15) is 63.9 Å². The van der Waals surface area contributed by atoms with E-state index in [2.05, 4.69) is 67.5 Å². The molecule has 3 amide bonds. The molecule has 0 unspecified atom stereocenters. The number of Topliss-reactive ketones (excluding diaryl/α,β-unsaturated/α-hetero) is 4. The van der Waals surface area contributed by atoms with E-state index in [-0.39, 0.29) is 168 Å². The molecule has 706 valence electrons. The van der Waals surface area contributed by atoms with E-state index in [1.165, 1.54) is 35.9 Å². The molecule has 6 fully saturated rings. The summed E-state index contributed by atoms with van der Waals surface area (Å²) in [7, 11) is -3.42. The van der Waals surface area contributed by atoms with Gasteiger partial charge in [-0.05, 0) is 241 Å². The maximum atomic E-state index is 13.8. The highest BCUT2D eigenvalue weighted by Gasteiger charge is 2.39. The minimum Gasteiger partial charge on any atom is -0.490 e. The molecular formula is C102H136ClF5N6O14S. The van der Waals surface area contributed by atoms with Crippen LogP contribution in [0.2, 0.25) is 0 Å². The number of rotatable bonds is 22. The zero-order valence-electron chi connectivity index (χ0n) is 77.4. The third-order valence-corrected chi connectivity index (χ3v) is 24.7. The number of likely N-dealkylation sites (tertiary alicyclic amines) is 4. The third-order valence-electron chi connectivity index (χ3n) is 24.2. The molecule has 0 spiro atoms. The smallest absolute Gasteiger partial charge is 0.410 e. The molecule has 0 aromatic heterocycles. The lowest BCUT2D eigenvalue weighted by molar-refractivity contribution is -0.125. The molecule has 6 saturated heterocycles. The van der Waals surface area contributed by atoms with Crippen molar-refractivity contribution in [1.29, 1.82) is 0 Å². The first kappa shape index (κ1) is 107. The van der Waals surface area contributed by atoms with Crippen molar-refractivity contribution < 1.29 is 87.1 Å². The quantitative estimate of drug-likeness (QED) is 0.0364. The first-order valence-corrected chi connectivity index (χ1v) is 46.9. The number of amides is 3. The fraction of sp³-hybridized carbons (Fsp3) is 0.520. The molecule has 0 radical (unpaired) electrons. The third kappa shape index (κ3) is 37.4. The molecule has 20 nitrogen and oxygen atoms in total. The normalized spacial score (nSPS) is 20.8. The average molecular weight is 1830 g/mol. The van der Waals surface area contributed by atoms with Crippen LogP contribution in [0.5, 0.6) is 5.75 Å². The van der Waals surface area contributed by atoms with Crippen molar-refractivity contribution >= 4 is 63.9 Å². The summed E-state index contributed by atoms with van der Waals surface area (Å²) in [5.41, 5.74) is 2.95. The van der Waals surface area contributed by atoms with Crippen molar-refractivity contribution in [3.05, 3.63) is 244 Å². The second-order valence-corrected chi connectivity index (χ2v) is 39.3. The van der Waals surface area contributed by atoms with Gasteiger partial charge in [-0.25, -0.2) is 36.3 Å². The van der Waals surface area contributed by atoms with Crippen molar-refractivity contribution in [3.8, 4) is 5.75 Å². The molecule has 13 rings (SSSR count). The molecular weight excluding hydrogens is 1700 g/mol. The molecule has 0 aliphatic carbocycles. The van der Waals surface area contributed by atoms with Gasteiger partial charge in [-0.3, -0.25) is 28.3 Å². The maximum Gasteiger partial charge on any atom is 0.410 e. The Morgan fingerprint density at radius 3 is 1.12 bits per heavy atom. The van der Waals surface area contributed by atoms with Crippen molar-refractivity contribution in [2.45, 2.75) is 234 Å². The average Bonchev–Trinajstić information content (AvgIpc) is 0.808. The van der Waals surface area contributed by atoms with Gasteiger partial charge in [-0.2, -0.15) is 8.42 Å². The standard InChI is InChI=1S/C22H24FNO3.C21H24FNO.C18H26FNO3.2C14H18FNO.C13H25NO5S.ClH/c1-16-13-19(21(25)14-18-9-5-6-10-20(18)23)11-12-24(16)22(26)27-15-17-7-3-2-4-8-17;1-16-13-19(21(24)14-18-9-5-6-10-20(18)22)11-12-23(16)15-17-7-3-2-4-8-17;1-17(2,3)23-16(21)20-11-9-18(4,10-12-20)13-22-15-8-6-5-7-14(15)19;2*1-10-8-12(6-7-16-10)14(17)9-11-4-2-3-5-13(11)15;1-12(2,3)19-11(15)14-8-6-13(4,7-9-14)10-18-20(5,16)17;/h2-10,16,19H,11-15H2,1H3;2-10,16,19H,11-15H2,1H3;5-8H,9-13H2,1-4H3;2*2-5,10,12,16H,6-9H2,1H3;6-10H2,1-5H3;1H/t16-,19+;16-,19-;;10-,12+;10-,12-;;/m01.01../s1. The van der Waals surface area contributed by atoms with Crippen LogP contribution in [0.1, 0.15) is 194 Å². The minimum absolute atomic E-state index is 0. The highest BCUT2D eigenvalue weighted by molar-refractivity contribution is 7.86. The Morgan fingerprint density at radius 2 is 0.760 bits per heavy atom. The van der Waals surface area contributed by atoms with Crippen LogP contribution in [0.4, 0.5) is 36.3 Å². The van der Waals surface area contributed by atoms with Gasteiger partial charge in [0, 0.05) is 118 Å². The molecule has 129 heavy (non-hydrogen) atoms. The number of carbonyl (C=O) groups is 7. The Bertz CT molecular complexity index is 4740. The number of piperidine rings is 6. The topological polar surface area (TPSA) is 237 Å². The molecule has 0 saturated carbocycles. The van der Waals surface area contributed by atoms with Crippen LogP contribution in [0.3, 0.4) is 0 Å². The van der Waals surface area contributed by atoms with Crippen LogP contribution in [0.25, 0.3) is 0 Å². The van der Waals surface area contributed by atoms with Crippen molar-refractivity contribution in [1.82, 2.24) is 30.2 Å². The number of carbonyl (C=O) groups excluding carboxylic acids is 7. The van der Waals surface area contributed by atoms with E-state index >= 15 is 0 Å². The van der Waals surface area contributed by atoms with Crippen molar-refractivity contribution in [2.24, 2.45) is 34.5 Å². The SMILES string of the molecule is CC1(COS(C)(=O)=O)CCN(C(=O)OC(C)(C)C)CC1.CC1(COc2ccccc2F)CCN(C(=O)OC(C)(C)C)CC1.C[C@@H]1C[C@H](C(=O)Cc2ccccc2F)CCN1.C[C@@H]1C[C@H](C(=O)Cc2ccccc2F)CCN1Cc1ccccc1.C[C@H]1C[C@H](C(=O)Cc2ccccc2F)CCN1.C[C@H]1C[C@H](C(=O)Cc2ccccc2F)CCN1C(=O)OCc1ccccc1.Cl. The largest absolute Gasteiger partial charge is 0.490 e. The van der Waals surface area contributed by atoms with E-state index in [1.807, 2.05) is 91.8 Å². The number of benzene rings is 7. The summed E-state index contributed by atoms with van der Waals surface area (Å²) in [4.78, 5) is 93.1. The van der Waals surface area contributed by atoms with Crippen LogP contribution in [0, 0.1) is 63.6 Å². The van der Waals surface area contributed by atoms with Gasteiger partial charge in [-0.1, -0.05) is 159 Å². The first-order chi connectivity index (χ1) is 60.6. The Labute approximate surface area is 767 Å². The summed E-state index contributed by atoms with van der Waals surface area (Å²) >= 11 is 0. The molecule has 8 atom stereocenters. The first-order valence-electron chi connectivity index (χ1n) is 45.0. The Morgan fingerprint density at radius 1 is 0.419 bits per heavy atom. The van der Waals surface area contributed by atoms with Gasteiger partial charge >= 0.3 is 18.3 Å². The molecule has 2 N–H and O–H groups in total. The highest BCUT2D eigenvalue weighted by atomic mass is 35.5. The summed E-state index contributed by atoms with van der Waals surface area (Å²) in [5.74, 6) is -0.624. The van der Waals surface area contributed by atoms with Crippen molar-refractivity contribution in [2.75, 3.05) is 71.8 Å². The fourth-order valence-electron chi connectivity index (χ4n) is 16.3. The van der Waals surface area contributed by atoms with Gasteiger partial charge in [0.05, 0.1) is 19.5 Å². The van der Waals surface area contributed by atoms with Gasteiger partial charge in [0.25, 0.3) is 10.1 Å². The summed E-state index contributed by atoms with van der Waals surface area (Å²) in [6.45, 7) is 30.7. The lowest BCUT2D eigenvalue weighted by Crippen LogP contribution is -2.46. The van der Waals surface area contributed by atoms with Crippen LogP contribution in [0.15, 0.2) is 182 Å². The lowest BCUT2D eigenvalue weighted by Gasteiger charge is -2.39. The van der Waals surface area contributed by atoms with E-state index in [4.69, 9.17) is 23.1 Å². The molecule has 6 heterocycles. The van der Waals surface area contributed by atoms with Crippen LogP contribution in [-0.4, -0.2) is 177 Å².